The number of benzene rings is 1. The summed E-state index contributed by atoms with van der Waals surface area (Å²) in [5, 5.41) is 12.7. The molecule has 0 aliphatic rings. The number of nitrogens with zero attached hydrogens (tertiary/aromatic N) is 1. The van der Waals surface area contributed by atoms with Gasteiger partial charge in [0.1, 0.15) is 0 Å². The van der Waals surface area contributed by atoms with Crippen LogP contribution in [0.3, 0.4) is 0 Å². The van der Waals surface area contributed by atoms with E-state index in [0.29, 0.717) is 15.7 Å². The van der Waals surface area contributed by atoms with Crippen molar-refractivity contribution in [2.75, 3.05) is 5.32 Å². The van der Waals surface area contributed by atoms with Gasteiger partial charge < -0.3 is 15.0 Å². The maximum atomic E-state index is 11.6. The summed E-state index contributed by atoms with van der Waals surface area (Å²) >= 11 is 11.7. The topological polar surface area (TPSA) is 71.3 Å². The number of aromatic nitrogens is 1. The Bertz CT molecular complexity index is 741. The summed E-state index contributed by atoms with van der Waals surface area (Å²) in [4.78, 5) is 22.8. The van der Waals surface area contributed by atoms with Gasteiger partial charge in [0.25, 0.3) is 5.56 Å². The zero-order chi connectivity index (χ0) is 14.9. The largest absolute Gasteiger partial charge is 0.478 e. The van der Waals surface area contributed by atoms with Gasteiger partial charge in [-0.15, -0.1) is 0 Å². The van der Waals surface area contributed by atoms with E-state index >= 15 is 0 Å². The second-order valence-corrected chi connectivity index (χ2v) is 4.92. The van der Waals surface area contributed by atoms with E-state index < -0.39 is 5.97 Å². The Morgan fingerprint density at radius 3 is 2.55 bits per heavy atom. The smallest absolute Gasteiger partial charge is 0.339 e. The molecular formula is C13H10Cl2N2O3. The molecule has 20 heavy (non-hydrogen) atoms. The minimum atomic E-state index is -1.14. The number of carboxylic acid groups (broad SMARTS) is 1. The van der Waals surface area contributed by atoms with Gasteiger partial charge in [-0.1, -0.05) is 23.2 Å². The lowest BCUT2D eigenvalue weighted by molar-refractivity contribution is 0.0697. The molecule has 2 aromatic rings. The van der Waals surface area contributed by atoms with Gasteiger partial charge in [-0.3, -0.25) is 4.79 Å². The highest BCUT2D eigenvalue weighted by Gasteiger charge is 2.13. The number of nitrogens with one attached hydrogen (secondary N) is 1. The third kappa shape index (κ3) is 2.95. The Labute approximate surface area is 124 Å². The summed E-state index contributed by atoms with van der Waals surface area (Å²) < 4.78 is 1.20. The molecule has 2 N–H and O–H groups in total. The minimum absolute atomic E-state index is 0.0156. The summed E-state index contributed by atoms with van der Waals surface area (Å²) in [6.45, 7) is 0. The third-order valence-corrected chi connectivity index (χ3v) is 3.40. The first-order chi connectivity index (χ1) is 9.38. The van der Waals surface area contributed by atoms with E-state index in [4.69, 9.17) is 28.3 Å². The molecule has 0 unspecified atom stereocenters. The van der Waals surface area contributed by atoms with Crippen molar-refractivity contribution in [2.24, 2.45) is 7.05 Å². The average Bonchev–Trinajstić information content (AvgIpc) is 2.37. The second-order valence-electron chi connectivity index (χ2n) is 4.11. The highest BCUT2D eigenvalue weighted by Crippen LogP contribution is 2.27. The van der Waals surface area contributed by atoms with Gasteiger partial charge in [0.2, 0.25) is 0 Å². The lowest BCUT2D eigenvalue weighted by atomic mass is 10.2. The lowest BCUT2D eigenvalue weighted by Crippen LogP contribution is -2.19. The molecule has 0 aliphatic heterocycles. The number of carbonyl (C=O) groups is 1. The summed E-state index contributed by atoms with van der Waals surface area (Å²) in [7, 11) is 1.48. The van der Waals surface area contributed by atoms with Gasteiger partial charge in [0.15, 0.2) is 0 Å². The summed E-state index contributed by atoms with van der Waals surface area (Å²) in [5.74, 6) is -1.14. The fraction of sp³-hybridized carbons (Fsp3) is 0.0769. The number of rotatable bonds is 3. The van der Waals surface area contributed by atoms with Crippen LogP contribution in [-0.2, 0) is 7.05 Å². The average molecular weight is 313 g/mol. The van der Waals surface area contributed by atoms with E-state index in [1.165, 1.54) is 23.9 Å². The van der Waals surface area contributed by atoms with E-state index in [0.717, 1.165) is 0 Å². The van der Waals surface area contributed by atoms with Crippen LogP contribution in [0.4, 0.5) is 11.4 Å². The second kappa shape index (κ2) is 5.56. The maximum absolute atomic E-state index is 11.6. The Morgan fingerprint density at radius 1 is 1.25 bits per heavy atom. The molecule has 1 heterocycles. The maximum Gasteiger partial charge on any atom is 0.339 e. The molecule has 0 amide bonds. The standard InChI is InChI=1S/C13H10Cl2N2O3/c1-17-6-8(13(19)20)11(5-12(17)18)16-7-2-3-9(14)10(15)4-7/h2-6,16H,1H3,(H,19,20). The SMILES string of the molecule is Cn1cc(C(=O)O)c(Nc2ccc(Cl)c(Cl)c2)cc1=O. The van der Waals surface area contributed by atoms with Crippen molar-refractivity contribution in [2.45, 2.75) is 0 Å². The number of aromatic carboxylic acids is 1. The molecule has 104 valence electrons. The van der Waals surface area contributed by atoms with Crippen LogP contribution in [0.1, 0.15) is 10.4 Å². The van der Waals surface area contributed by atoms with E-state index in [1.54, 1.807) is 18.2 Å². The Morgan fingerprint density at radius 2 is 1.95 bits per heavy atom. The van der Waals surface area contributed by atoms with Gasteiger partial charge in [-0.25, -0.2) is 4.79 Å². The normalized spacial score (nSPS) is 10.3. The first-order valence-electron chi connectivity index (χ1n) is 5.54. The Kier molecular flexibility index (Phi) is 4.01. The molecule has 2 rings (SSSR count). The van der Waals surface area contributed by atoms with Crippen molar-refractivity contribution >= 4 is 40.5 Å². The molecular weight excluding hydrogens is 303 g/mol. The molecule has 1 aromatic heterocycles. The van der Waals surface area contributed by atoms with Crippen LogP contribution in [-0.4, -0.2) is 15.6 Å². The van der Waals surface area contributed by atoms with E-state index in [1.807, 2.05) is 0 Å². The zero-order valence-corrected chi connectivity index (χ0v) is 11.9. The summed E-state index contributed by atoms with van der Waals surface area (Å²) in [6, 6.07) is 5.98. The number of anilines is 2. The predicted octanol–water partition coefficient (Wildman–Crippen LogP) is 3.13. The van der Waals surface area contributed by atoms with Gasteiger partial charge in [-0.05, 0) is 18.2 Å². The lowest BCUT2D eigenvalue weighted by Gasteiger charge is -2.11. The molecule has 0 fully saturated rings. The van der Waals surface area contributed by atoms with Gasteiger partial charge >= 0.3 is 5.97 Å². The molecule has 0 saturated carbocycles. The molecule has 7 heteroatoms. The summed E-state index contributed by atoms with van der Waals surface area (Å²) in [6.07, 6.45) is 1.25. The molecule has 0 aliphatic carbocycles. The number of halogens is 2. The van der Waals surface area contributed by atoms with Crippen LogP contribution in [0.25, 0.3) is 0 Å². The van der Waals surface area contributed by atoms with Crippen LogP contribution < -0.4 is 10.9 Å². The van der Waals surface area contributed by atoms with Gasteiger partial charge in [-0.2, -0.15) is 0 Å². The van der Waals surface area contributed by atoms with E-state index in [9.17, 15) is 9.59 Å². The minimum Gasteiger partial charge on any atom is -0.478 e. The number of hydrogen-bond donors (Lipinski definition) is 2. The first kappa shape index (κ1) is 14.4. The van der Waals surface area contributed by atoms with Gasteiger partial charge in [0.05, 0.1) is 21.3 Å². The molecule has 1 aromatic carbocycles. The molecule has 0 spiro atoms. The first-order valence-corrected chi connectivity index (χ1v) is 6.30. The van der Waals surface area contributed by atoms with Gasteiger partial charge in [0, 0.05) is 25.0 Å². The van der Waals surface area contributed by atoms with Crippen molar-refractivity contribution in [1.29, 1.82) is 0 Å². The quantitative estimate of drug-likeness (QED) is 0.913. The molecule has 0 atom stereocenters. The van der Waals surface area contributed by atoms with E-state index in [2.05, 4.69) is 5.32 Å². The number of hydrogen-bond acceptors (Lipinski definition) is 3. The van der Waals surface area contributed by atoms with E-state index in [-0.39, 0.29) is 16.8 Å². The number of pyridine rings is 1. The molecule has 5 nitrogen and oxygen atoms in total. The summed E-state index contributed by atoms with van der Waals surface area (Å²) in [5.41, 5.74) is 0.393. The molecule has 0 saturated heterocycles. The van der Waals surface area contributed by atoms with Crippen molar-refractivity contribution in [3.05, 3.63) is 56.4 Å². The van der Waals surface area contributed by atoms with Crippen LogP contribution in [0.2, 0.25) is 10.0 Å². The molecule has 0 radical (unpaired) electrons. The zero-order valence-electron chi connectivity index (χ0n) is 10.4. The predicted molar refractivity (Wildman–Crippen MR) is 78.4 cm³/mol. The Hall–Kier alpha value is -1.98. The van der Waals surface area contributed by atoms with Crippen molar-refractivity contribution in [3.63, 3.8) is 0 Å². The molecule has 0 bridgehead atoms. The van der Waals surface area contributed by atoms with Crippen LogP contribution in [0.5, 0.6) is 0 Å². The number of aryl methyl sites for hydroxylation is 1. The fourth-order valence-electron chi connectivity index (χ4n) is 1.63. The van der Waals surface area contributed by atoms with Crippen molar-refractivity contribution < 1.29 is 9.90 Å². The highest BCUT2D eigenvalue weighted by molar-refractivity contribution is 6.42. The fourth-order valence-corrected chi connectivity index (χ4v) is 1.93. The third-order valence-electron chi connectivity index (χ3n) is 2.66. The van der Waals surface area contributed by atoms with Crippen LogP contribution in [0, 0.1) is 0 Å². The van der Waals surface area contributed by atoms with Crippen molar-refractivity contribution in [3.8, 4) is 0 Å². The monoisotopic (exact) mass is 312 g/mol. The van der Waals surface area contributed by atoms with Crippen LogP contribution in [0.15, 0.2) is 35.3 Å². The number of carboxylic acids is 1. The van der Waals surface area contributed by atoms with Crippen molar-refractivity contribution in [1.82, 2.24) is 4.57 Å². The van der Waals surface area contributed by atoms with Crippen LogP contribution >= 0.6 is 23.2 Å². The highest BCUT2D eigenvalue weighted by atomic mass is 35.5. The Balaban J connectivity index is 2.47.